The molecule has 0 amide bonds. The molecule has 0 unspecified atom stereocenters. The highest BCUT2D eigenvalue weighted by molar-refractivity contribution is 5.94. The summed E-state index contributed by atoms with van der Waals surface area (Å²) in [5, 5.41) is 23.2. The molecule has 4 nitrogen and oxygen atoms in total. The molecule has 0 aliphatic heterocycles. The monoisotopic (exact) mass is 746 g/mol. The van der Waals surface area contributed by atoms with Gasteiger partial charge in [-0.2, -0.15) is 0 Å². The van der Waals surface area contributed by atoms with E-state index in [4.69, 9.17) is 9.47 Å². The molecule has 4 heteroatoms. The van der Waals surface area contributed by atoms with E-state index in [0.29, 0.717) is 0 Å². The lowest BCUT2D eigenvalue weighted by atomic mass is 9.66. The molecule has 8 aromatic rings. The summed E-state index contributed by atoms with van der Waals surface area (Å²) in [5.41, 5.74) is 14.0. The molecule has 282 valence electrons. The maximum absolute atomic E-state index is 9.40. The van der Waals surface area contributed by atoms with E-state index < -0.39 is 5.41 Å². The van der Waals surface area contributed by atoms with Gasteiger partial charge in [0.2, 0.25) is 0 Å². The van der Waals surface area contributed by atoms with Crippen LogP contribution in [0.5, 0.6) is 11.5 Å². The van der Waals surface area contributed by atoms with Crippen LogP contribution in [0.1, 0.15) is 47.2 Å². The van der Waals surface area contributed by atoms with E-state index in [-0.39, 0.29) is 26.4 Å². The van der Waals surface area contributed by atoms with Crippen molar-refractivity contribution >= 4 is 21.5 Å². The van der Waals surface area contributed by atoms with E-state index in [1.54, 1.807) is 0 Å². The molecule has 0 bridgehead atoms. The van der Waals surface area contributed by atoms with Gasteiger partial charge in [-0.25, -0.2) is 0 Å². The molecule has 0 saturated carbocycles. The second kappa shape index (κ2) is 15.4. The van der Waals surface area contributed by atoms with E-state index in [2.05, 4.69) is 159 Å². The Morgan fingerprint density at radius 3 is 1.19 bits per heavy atom. The van der Waals surface area contributed by atoms with Gasteiger partial charge in [0.1, 0.15) is 24.7 Å². The van der Waals surface area contributed by atoms with Crippen molar-refractivity contribution in [1.82, 2.24) is 0 Å². The number of fused-ring (bicyclic) bond motifs is 5. The van der Waals surface area contributed by atoms with Gasteiger partial charge in [-0.1, -0.05) is 123 Å². The third-order valence-electron chi connectivity index (χ3n) is 11.7. The van der Waals surface area contributed by atoms with E-state index in [9.17, 15) is 10.2 Å². The maximum Gasteiger partial charge on any atom is 0.120 e. The van der Waals surface area contributed by atoms with Crippen molar-refractivity contribution in [2.45, 2.75) is 32.1 Å². The average molecular weight is 747 g/mol. The SMILES string of the molecule is CCc1ccc(-c2ccc3c(c2)C(c2ccc4cc(OCCO)ccc4c2)(c2ccc4cc(OCCO)ccc4c2)c2cc(-c4ccc(CC)cc4)ccc2-3)cc1. The van der Waals surface area contributed by atoms with Crippen LogP contribution in [-0.4, -0.2) is 36.6 Å². The van der Waals surface area contributed by atoms with Crippen LogP contribution in [0.15, 0.2) is 158 Å². The number of benzene rings is 8. The first-order valence-corrected chi connectivity index (χ1v) is 20.1. The lowest BCUT2D eigenvalue weighted by molar-refractivity contribution is 0.201. The summed E-state index contributed by atoms with van der Waals surface area (Å²) >= 11 is 0. The molecule has 8 aromatic carbocycles. The Morgan fingerprint density at radius 2 is 0.789 bits per heavy atom. The van der Waals surface area contributed by atoms with Crippen LogP contribution < -0.4 is 9.47 Å². The molecule has 0 atom stereocenters. The first-order chi connectivity index (χ1) is 28.0. The topological polar surface area (TPSA) is 58.9 Å². The highest BCUT2D eigenvalue weighted by Gasteiger charge is 2.46. The van der Waals surface area contributed by atoms with Crippen LogP contribution in [-0.2, 0) is 18.3 Å². The zero-order valence-electron chi connectivity index (χ0n) is 32.5. The van der Waals surface area contributed by atoms with E-state index in [0.717, 1.165) is 45.9 Å². The number of aryl methyl sites for hydroxylation is 2. The molecule has 0 fully saturated rings. The molecule has 0 spiro atoms. The van der Waals surface area contributed by atoms with E-state index in [1.807, 2.05) is 12.1 Å². The molecule has 0 heterocycles. The van der Waals surface area contributed by atoms with Crippen molar-refractivity contribution in [3.8, 4) is 44.9 Å². The molecule has 0 radical (unpaired) electrons. The Labute approximate surface area is 334 Å². The highest BCUT2D eigenvalue weighted by atomic mass is 16.5. The van der Waals surface area contributed by atoms with Gasteiger partial charge in [0.05, 0.1) is 18.6 Å². The van der Waals surface area contributed by atoms with Gasteiger partial charge in [-0.05, 0) is 150 Å². The normalized spacial score (nSPS) is 12.8. The minimum atomic E-state index is -0.677. The van der Waals surface area contributed by atoms with Crippen molar-refractivity contribution in [2.75, 3.05) is 26.4 Å². The molecular formula is C53H46O4. The fraction of sp³-hybridized carbons (Fsp3) is 0.170. The van der Waals surface area contributed by atoms with Crippen molar-refractivity contribution in [3.05, 3.63) is 191 Å². The van der Waals surface area contributed by atoms with Crippen LogP contribution in [0.25, 0.3) is 54.9 Å². The molecule has 0 aromatic heterocycles. The fourth-order valence-corrected chi connectivity index (χ4v) is 8.76. The third-order valence-corrected chi connectivity index (χ3v) is 11.7. The standard InChI is InChI=1S/C53H46O4/c1-3-35-5-9-37(10-6-35)43-17-23-49-50-24-18-44(38-11-7-36(4-2)8-12-38)34-52(50)53(51(49)33-43,45-19-13-41-31-47(56-27-25-54)21-15-39(41)29-45)46-20-14-42-32-48(57-28-26-55)22-16-40(42)30-46/h5-24,29-34,54-55H,3-4,25-28H2,1-2H3. The maximum atomic E-state index is 9.40. The van der Waals surface area contributed by atoms with Crippen molar-refractivity contribution in [2.24, 2.45) is 0 Å². The number of hydrogen-bond donors (Lipinski definition) is 2. The smallest absolute Gasteiger partial charge is 0.120 e. The van der Waals surface area contributed by atoms with Crippen molar-refractivity contribution < 1.29 is 19.7 Å². The lowest BCUT2D eigenvalue weighted by Gasteiger charge is -2.35. The second-order valence-corrected chi connectivity index (χ2v) is 15.0. The lowest BCUT2D eigenvalue weighted by Crippen LogP contribution is -2.28. The Kier molecular flexibility index (Phi) is 9.83. The third kappa shape index (κ3) is 6.55. The van der Waals surface area contributed by atoms with Crippen LogP contribution in [0.3, 0.4) is 0 Å². The van der Waals surface area contributed by atoms with Crippen LogP contribution in [0, 0.1) is 0 Å². The molecule has 57 heavy (non-hydrogen) atoms. The first-order valence-electron chi connectivity index (χ1n) is 20.1. The van der Waals surface area contributed by atoms with E-state index in [1.165, 1.54) is 66.8 Å². The van der Waals surface area contributed by atoms with Crippen LogP contribution >= 0.6 is 0 Å². The summed E-state index contributed by atoms with van der Waals surface area (Å²) in [6.07, 6.45) is 2.00. The zero-order valence-corrected chi connectivity index (χ0v) is 32.5. The predicted octanol–water partition coefficient (Wildman–Crippen LogP) is 11.6. The Morgan fingerprint density at radius 1 is 0.404 bits per heavy atom. The van der Waals surface area contributed by atoms with Gasteiger partial charge in [-0.15, -0.1) is 0 Å². The molecular weight excluding hydrogens is 701 g/mol. The minimum absolute atomic E-state index is 0.0312. The van der Waals surface area contributed by atoms with Gasteiger partial charge >= 0.3 is 0 Å². The molecule has 9 rings (SSSR count). The summed E-state index contributed by atoms with van der Waals surface area (Å²) < 4.78 is 11.6. The summed E-state index contributed by atoms with van der Waals surface area (Å²) in [4.78, 5) is 0. The van der Waals surface area contributed by atoms with Gasteiger partial charge < -0.3 is 19.7 Å². The highest BCUT2D eigenvalue weighted by Crippen LogP contribution is 2.58. The molecule has 1 aliphatic carbocycles. The number of aliphatic hydroxyl groups is 2. The quantitative estimate of drug-likeness (QED) is 0.131. The first kappa shape index (κ1) is 36.4. The van der Waals surface area contributed by atoms with Gasteiger partial charge in [0.25, 0.3) is 0 Å². The average Bonchev–Trinajstić information content (AvgIpc) is 3.56. The molecule has 2 N–H and O–H groups in total. The fourth-order valence-electron chi connectivity index (χ4n) is 8.76. The van der Waals surface area contributed by atoms with Gasteiger partial charge in [0.15, 0.2) is 0 Å². The number of rotatable bonds is 12. The number of aliphatic hydroxyl groups excluding tert-OH is 2. The molecule has 1 aliphatic rings. The Balaban J connectivity index is 1.33. The Hall–Kier alpha value is -6.20. The zero-order chi connectivity index (χ0) is 38.9. The second-order valence-electron chi connectivity index (χ2n) is 15.0. The van der Waals surface area contributed by atoms with Gasteiger partial charge in [-0.3, -0.25) is 0 Å². The molecule has 0 saturated heterocycles. The number of hydrogen-bond acceptors (Lipinski definition) is 4. The summed E-state index contributed by atoms with van der Waals surface area (Å²) in [6, 6.07) is 58.1. The predicted molar refractivity (Wildman–Crippen MR) is 234 cm³/mol. The largest absolute Gasteiger partial charge is 0.491 e. The van der Waals surface area contributed by atoms with Crippen LogP contribution in [0.4, 0.5) is 0 Å². The van der Waals surface area contributed by atoms with Crippen molar-refractivity contribution in [1.29, 1.82) is 0 Å². The van der Waals surface area contributed by atoms with Crippen LogP contribution in [0.2, 0.25) is 0 Å². The Bertz CT molecular complexity index is 2540. The summed E-state index contributed by atoms with van der Waals surface area (Å²) in [6.45, 7) is 4.84. The summed E-state index contributed by atoms with van der Waals surface area (Å²) in [5.74, 6) is 1.48. The van der Waals surface area contributed by atoms with Crippen molar-refractivity contribution in [3.63, 3.8) is 0 Å². The number of ether oxygens (including phenoxy) is 2. The van der Waals surface area contributed by atoms with Gasteiger partial charge in [0, 0.05) is 0 Å². The summed E-state index contributed by atoms with van der Waals surface area (Å²) in [7, 11) is 0. The minimum Gasteiger partial charge on any atom is -0.491 e. The van der Waals surface area contributed by atoms with E-state index >= 15 is 0 Å².